The van der Waals surface area contributed by atoms with E-state index in [2.05, 4.69) is 76.9 Å². The van der Waals surface area contributed by atoms with Crippen molar-refractivity contribution >= 4 is 38.9 Å². The lowest BCUT2D eigenvalue weighted by atomic mass is 10.0. The Morgan fingerprint density at radius 2 is 1.86 bits per heavy atom. The second-order valence-corrected chi connectivity index (χ2v) is 6.65. The molecule has 1 saturated heterocycles. The summed E-state index contributed by atoms with van der Waals surface area (Å²) in [6.45, 7) is 4.15. The molecule has 0 bridgehead atoms. The number of aryl methyl sites for hydroxylation is 1. The van der Waals surface area contributed by atoms with Gasteiger partial charge in [0, 0.05) is 4.47 Å². The number of halogens is 1. The molecule has 2 aromatic rings. The van der Waals surface area contributed by atoms with Crippen LogP contribution in [-0.4, -0.2) is 5.11 Å². The first-order valence-corrected chi connectivity index (χ1v) is 7.91. The minimum Gasteiger partial charge on any atom is -0.338 e. The van der Waals surface area contributed by atoms with Gasteiger partial charge in [0.05, 0.1) is 5.69 Å². The monoisotopic (exact) mass is 361 g/mol. The lowest BCUT2D eigenvalue weighted by molar-refractivity contribution is 0.389. The molecule has 1 unspecified atom stereocenters. The fraction of sp³-hybridized carbons (Fsp3) is 0.188. The second kappa shape index (κ2) is 5.40. The molecule has 2 aromatic carbocycles. The Labute approximate surface area is 138 Å². The van der Waals surface area contributed by atoms with Gasteiger partial charge in [-0.1, -0.05) is 45.8 Å². The molecule has 1 aliphatic heterocycles. The molecule has 1 heterocycles. The number of hydrazine groups is 1. The summed E-state index contributed by atoms with van der Waals surface area (Å²) < 4.78 is 1.05. The van der Waals surface area contributed by atoms with E-state index in [1.54, 1.807) is 0 Å². The van der Waals surface area contributed by atoms with E-state index in [0.717, 1.165) is 15.7 Å². The first-order chi connectivity index (χ1) is 9.98. The van der Waals surface area contributed by atoms with Crippen LogP contribution in [0.4, 0.5) is 5.69 Å². The van der Waals surface area contributed by atoms with Crippen molar-refractivity contribution in [1.29, 1.82) is 0 Å². The van der Waals surface area contributed by atoms with Crippen LogP contribution in [0.15, 0.2) is 53.0 Å². The van der Waals surface area contributed by atoms with E-state index in [4.69, 9.17) is 12.2 Å². The van der Waals surface area contributed by atoms with Gasteiger partial charge in [-0.3, -0.25) is 0 Å². The topological polar surface area (TPSA) is 27.3 Å². The number of rotatable bonds is 2. The highest BCUT2D eigenvalue weighted by Crippen LogP contribution is 2.28. The van der Waals surface area contributed by atoms with E-state index in [1.165, 1.54) is 5.56 Å². The molecule has 0 aliphatic carbocycles. The maximum atomic E-state index is 5.48. The van der Waals surface area contributed by atoms with Gasteiger partial charge in [0.1, 0.15) is 5.66 Å². The number of thiocarbonyl (C=S) groups is 1. The van der Waals surface area contributed by atoms with Gasteiger partial charge in [-0.2, -0.15) is 5.43 Å². The molecule has 3 nitrogen and oxygen atoms in total. The molecule has 1 aliphatic rings. The number of hydrogen-bond acceptors (Lipinski definition) is 2. The molecule has 21 heavy (non-hydrogen) atoms. The highest BCUT2D eigenvalue weighted by Gasteiger charge is 2.38. The zero-order chi connectivity index (χ0) is 15.0. The second-order valence-electron chi connectivity index (χ2n) is 5.35. The predicted molar refractivity (Wildman–Crippen MR) is 94.0 cm³/mol. The van der Waals surface area contributed by atoms with Crippen LogP contribution in [0.1, 0.15) is 18.1 Å². The standard InChI is InChI=1S/C16H16BrN3S/c1-11-6-8-14(9-7-11)20-15(21)18-16(2,19-20)12-4-3-5-13(17)10-12/h3-10,19H,1-2H3,(H,18,21). The molecule has 1 fully saturated rings. The quantitative estimate of drug-likeness (QED) is 0.794. The number of nitrogens with zero attached hydrogens (tertiary/aromatic N) is 1. The van der Waals surface area contributed by atoms with E-state index in [0.29, 0.717) is 5.11 Å². The summed E-state index contributed by atoms with van der Waals surface area (Å²) in [5, 5.41) is 5.94. The summed E-state index contributed by atoms with van der Waals surface area (Å²) in [6.07, 6.45) is 0. The Hall–Kier alpha value is -1.43. The van der Waals surface area contributed by atoms with Gasteiger partial charge in [0.15, 0.2) is 5.11 Å². The number of nitrogens with one attached hydrogen (secondary N) is 2. The SMILES string of the molecule is Cc1ccc(N2NC(C)(c3cccc(Br)c3)NC2=S)cc1. The van der Waals surface area contributed by atoms with Crippen molar-refractivity contribution in [3.05, 3.63) is 64.1 Å². The first-order valence-electron chi connectivity index (χ1n) is 6.71. The van der Waals surface area contributed by atoms with Gasteiger partial charge in [0.25, 0.3) is 0 Å². The van der Waals surface area contributed by atoms with Crippen LogP contribution in [0.25, 0.3) is 0 Å². The van der Waals surface area contributed by atoms with Gasteiger partial charge in [0.2, 0.25) is 0 Å². The summed E-state index contributed by atoms with van der Waals surface area (Å²) in [4.78, 5) is 0. The highest BCUT2D eigenvalue weighted by atomic mass is 79.9. The Morgan fingerprint density at radius 3 is 2.52 bits per heavy atom. The number of benzene rings is 2. The van der Waals surface area contributed by atoms with E-state index in [9.17, 15) is 0 Å². The lowest BCUT2D eigenvalue weighted by Gasteiger charge is -2.26. The van der Waals surface area contributed by atoms with Crippen molar-refractivity contribution in [2.75, 3.05) is 5.01 Å². The summed E-state index contributed by atoms with van der Waals surface area (Å²) in [6, 6.07) is 16.5. The van der Waals surface area contributed by atoms with Crippen LogP contribution >= 0.6 is 28.1 Å². The highest BCUT2D eigenvalue weighted by molar-refractivity contribution is 9.10. The van der Waals surface area contributed by atoms with Gasteiger partial charge in [-0.15, -0.1) is 0 Å². The van der Waals surface area contributed by atoms with E-state index < -0.39 is 5.66 Å². The average Bonchev–Trinajstić information content (AvgIpc) is 2.76. The van der Waals surface area contributed by atoms with Crippen molar-refractivity contribution < 1.29 is 0 Å². The van der Waals surface area contributed by atoms with Crippen LogP contribution < -0.4 is 15.8 Å². The maximum absolute atomic E-state index is 5.48. The maximum Gasteiger partial charge on any atom is 0.190 e. The van der Waals surface area contributed by atoms with Crippen LogP contribution in [-0.2, 0) is 5.66 Å². The summed E-state index contributed by atoms with van der Waals surface area (Å²) >= 11 is 8.99. The molecule has 3 rings (SSSR count). The third-order valence-electron chi connectivity index (χ3n) is 3.59. The summed E-state index contributed by atoms with van der Waals surface area (Å²) in [5.74, 6) is 0. The Bertz CT molecular complexity index is 686. The number of anilines is 1. The summed E-state index contributed by atoms with van der Waals surface area (Å²) in [5.41, 5.74) is 6.40. The summed E-state index contributed by atoms with van der Waals surface area (Å²) in [7, 11) is 0. The van der Waals surface area contributed by atoms with Gasteiger partial charge in [-0.25, -0.2) is 5.01 Å². The fourth-order valence-electron chi connectivity index (χ4n) is 2.38. The average molecular weight is 362 g/mol. The number of hydrogen-bond donors (Lipinski definition) is 2. The lowest BCUT2D eigenvalue weighted by Crippen LogP contribution is -2.45. The van der Waals surface area contributed by atoms with Gasteiger partial charge < -0.3 is 5.32 Å². The molecule has 0 saturated carbocycles. The van der Waals surface area contributed by atoms with Crippen molar-refractivity contribution in [3.63, 3.8) is 0 Å². The van der Waals surface area contributed by atoms with Crippen LogP contribution in [0.3, 0.4) is 0 Å². The van der Waals surface area contributed by atoms with Crippen LogP contribution in [0.5, 0.6) is 0 Å². The van der Waals surface area contributed by atoms with Crippen molar-refractivity contribution in [2.45, 2.75) is 19.5 Å². The third-order valence-corrected chi connectivity index (χ3v) is 4.37. The van der Waals surface area contributed by atoms with Crippen LogP contribution in [0.2, 0.25) is 0 Å². The molecule has 0 aromatic heterocycles. The van der Waals surface area contributed by atoms with Gasteiger partial charge in [-0.05, 0) is 55.9 Å². The molecule has 1 atom stereocenters. The van der Waals surface area contributed by atoms with Crippen molar-refractivity contribution in [1.82, 2.24) is 10.7 Å². The predicted octanol–water partition coefficient (Wildman–Crippen LogP) is 3.83. The minimum absolute atomic E-state index is 0.425. The normalized spacial score (nSPS) is 21.5. The molecular weight excluding hydrogens is 346 g/mol. The Kier molecular flexibility index (Phi) is 3.73. The molecule has 0 radical (unpaired) electrons. The molecule has 108 valence electrons. The van der Waals surface area contributed by atoms with E-state index in [1.807, 2.05) is 17.1 Å². The smallest absolute Gasteiger partial charge is 0.190 e. The van der Waals surface area contributed by atoms with Crippen molar-refractivity contribution in [3.8, 4) is 0 Å². The van der Waals surface area contributed by atoms with E-state index >= 15 is 0 Å². The Balaban J connectivity index is 1.92. The third kappa shape index (κ3) is 2.81. The molecule has 0 spiro atoms. The van der Waals surface area contributed by atoms with E-state index in [-0.39, 0.29) is 0 Å². The Morgan fingerprint density at radius 1 is 1.14 bits per heavy atom. The first kappa shape index (κ1) is 14.5. The zero-order valence-electron chi connectivity index (χ0n) is 11.9. The molecule has 2 N–H and O–H groups in total. The zero-order valence-corrected chi connectivity index (χ0v) is 14.3. The van der Waals surface area contributed by atoms with Gasteiger partial charge >= 0.3 is 0 Å². The van der Waals surface area contributed by atoms with Crippen LogP contribution in [0, 0.1) is 6.92 Å². The molecule has 0 amide bonds. The fourth-order valence-corrected chi connectivity index (χ4v) is 3.14. The molecule has 5 heteroatoms. The van der Waals surface area contributed by atoms with Crippen molar-refractivity contribution in [2.24, 2.45) is 0 Å². The molecular formula is C16H16BrN3S. The largest absolute Gasteiger partial charge is 0.338 e. The minimum atomic E-state index is -0.425.